The summed E-state index contributed by atoms with van der Waals surface area (Å²) in [7, 11) is 1.05. The molecule has 21 heavy (non-hydrogen) atoms. The van der Waals surface area contributed by atoms with Crippen LogP contribution in [-0.2, 0) is 30.7 Å². The van der Waals surface area contributed by atoms with E-state index in [1.807, 2.05) is 0 Å². The number of carbonyl (C=O) groups excluding carboxylic acids is 2. The summed E-state index contributed by atoms with van der Waals surface area (Å²) in [6.45, 7) is 0. The maximum atomic E-state index is 12.9. The largest absolute Gasteiger partial charge is 0.464 e. The first-order valence-corrected chi connectivity index (χ1v) is 5.50. The van der Waals surface area contributed by atoms with Crippen LogP contribution in [0.2, 0.25) is 5.02 Å². The third kappa shape index (κ3) is 3.09. The zero-order valence-electron chi connectivity index (χ0n) is 10.2. The average Bonchev–Trinajstić information content (AvgIpc) is 2.73. The van der Waals surface area contributed by atoms with E-state index in [4.69, 9.17) is 11.6 Å². The van der Waals surface area contributed by atoms with Crippen molar-refractivity contribution in [2.45, 2.75) is 6.18 Å². The van der Waals surface area contributed by atoms with E-state index in [-0.39, 0.29) is 42.2 Å². The van der Waals surface area contributed by atoms with Crippen molar-refractivity contribution >= 4 is 29.4 Å². The zero-order chi connectivity index (χ0) is 15.1. The molecule has 0 bridgehead atoms. The topological polar surface area (TPSA) is 60.7 Å². The second-order valence-electron chi connectivity index (χ2n) is 3.74. The fourth-order valence-corrected chi connectivity index (χ4v) is 1.89. The molecule has 114 valence electrons. The van der Waals surface area contributed by atoms with Crippen molar-refractivity contribution < 1.29 is 47.3 Å². The van der Waals surface area contributed by atoms with Gasteiger partial charge >= 0.3 is 12.1 Å². The molecule has 0 aromatic carbocycles. The van der Waals surface area contributed by atoms with Gasteiger partial charge in [-0.25, -0.2) is 9.31 Å². The molecule has 0 N–H and O–H groups in total. The van der Waals surface area contributed by atoms with Crippen molar-refractivity contribution in [2.75, 3.05) is 7.11 Å². The summed E-state index contributed by atoms with van der Waals surface area (Å²) in [6, 6.07) is 1.72. The van der Waals surface area contributed by atoms with Crippen molar-refractivity contribution in [2.24, 2.45) is 0 Å². The number of rotatable bonds is 2. The van der Waals surface area contributed by atoms with E-state index in [1.165, 1.54) is 0 Å². The molecule has 2 heterocycles. The van der Waals surface area contributed by atoms with Crippen molar-refractivity contribution in [3.05, 3.63) is 34.1 Å². The van der Waals surface area contributed by atoms with E-state index in [0.29, 0.717) is 10.6 Å². The fraction of sp³-hybridized carbons (Fsp3) is 0.182. The number of esters is 1. The van der Waals surface area contributed by atoms with Crippen LogP contribution in [0.5, 0.6) is 0 Å². The SMILES string of the molecule is COC(=O)c1nn2c(C(F)(F)F)cc(C=O)cc2c1Cl.[Os]. The Hall–Kier alpha value is -1.45. The third-order valence-corrected chi connectivity index (χ3v) is 2.87. The minimum atomic E-state index is -4.76. The van der Waals surface area contributed by atoms with Gasteiger partial charge in [-0.15, -0.1) is 0 Å². The molecule has 0 fully saturated rings. The molecule has 0 aliphatic carbocycles. The van der Waals surface area contributed by atoms with Crippen LogP contribution in [0.25, 0.3) is 5.52 Å². The Balaban J connectivity index is 0.00000220. The predicted molar refractivity (Wildman–Crippen MR) is 61.9 cm³/mol. The van der Waals surface area contributed by atoms with Gasteiger partial charge in [0.05, 0.1) is 12.6 Å². The van der Waals surface area contributed by atoms with Gasteiger partial charge < -0.3 is 4.74 Å². The number of pyridine rings is 1. The molecule has 0 aliphatic rings. The third-order valence-electron chi connectivity index (χ3n) is 2.50. The maximum Gasteiger partial charge on any atom is 0.433 e. The number of hydrogen-bond acceptors (Lipinski definition) is 4. The first-order valence-electron chi connectivity index (χ1n) is 5.12. The molecule has 0 aliphatic heterocycles. The van der Waals surface area contributed by atoms with Crippen LogP contribution >= 0.6 is 11.6 Å². The molecule has 2 rings (SSSR count). The monoisotopic (exact) mass is 498 g/mol. The minimum absolute atomic E-state index is 0. The molecular formula is C11H6ClF3N2O3Os. The molecule has 0 amide bonds. The van der Waals surface area contributed by atoms with E-state index in [0.717, 1.165) is 13.2 Å². The van der Waals surface area contributed by atoms with E-state index in [2.05, 4.69) is 9.84 Å². The van der Waals surface area contributed by atoms with Crippen molar-refractivity contribution in [1.29, 1.82) is 0 Å². The number of hydrogen-bond donors (Lipinski definition) is 0. The van der Waals surface area contributed by atoms with E-state index < -0.39 is 23.5 Å². The van der Waals surface area contributed by atoms with E-state index in [9.17, 15) is 22.8 Å². The first-order chi connectivity index (χ1) is 9.29. The Bertz CT molecular complexity index is 715. The Morgan fingerprint density at radius 3 is 2.52 bits per heavy atom. The summed E-state index contributed by atoms with van der Waals surface area (Å²) in [5.74, 6) is -0.973. The number of ether oxygens (including phenoxy) is 1. The number of alkyl halides is 3. The van der Waals surface area contributed by atoms with E-state index in [1.54, 1.807) is 0 Å². The number of halogens is 4. The normalized spacial score (nSPS) is 11.1. The molecule has 0 unspecified atom stereocenters. The summed E-state index contributed by atoms with van der Waals surface area (Å²) >= 11 is 5.81. The van der Waals surface area contributed by atoms with Crippen LogP contribution in [0.1, 0.15) is 26.5 Å². The van der Waals surface area contributed by atoms with E-state index >= 15 is 0 Å². The molecular weight excluding hydrogens is 491 g/mol. The molecule has 10 heteroatoms. The van der Waals surface area contributed by atoms with Gasteiger partial charge in [0.2, 0.25) is 0 Å². The Morgan fingerprint density at radius 1 is 1.43 bits per heavy atom. The van der Waals surface area contributed by atoms with Crippen LogP contribution < -0.4 is 0 Å². The van der Waals surface area contributed by atoms with Gasteiger partial charge in [-0.1, -0.05) is 11.6 Å². The van der Waals surface area contributed by atoms with Gasteiger partial charge in [0.25, 0.3) is 0 Å². The molecule has 0 saturated heterocycles. The smallest absolute Gasteiger partial charge is 0.433 e. The number of aldehydes is 1. The Kier molecular flexibility index (Phi) is 5.13. The summed E-state index contributed by atoms with van der Waals surface area (Å²) in [4.78, 5) is 22.1. The summed E-state index contributed by atoms with van der Waals surface area (Å²) in [6.07, 6.45) is -4.52. The minimum Gasteiger partial charge on any atom is -0.464 e. The molecule has 2 aromatic rings. The second-order valence-corrected chi connectivity index (χ2v) is 4.12. The summed E-state index contributed by atoms with van der Waals surface area (Å²) in [5, 5.41) is 3.19. The molecule has 5 nitrogen and oxygen atoms in total. The molecule has 0 saturated carbocycles. The number of carbonyl (C=O) groups is 2. The van der Waals surface area contributed by atoms with Crippen LogP contribution in [0.4, 0.5) is 13.2 Å². The van der Waals surface area contributed by atoms with Crippen LogP contribution in [0.3, 0.4) is 0 Å². The van der Waals surface area contributed by atoms with Crippen molar-refractivity contribution in [1.82, 2.24) is 9.61 Å². The van der Waals surface area contributed by atoms with Crippen LogP contribution in [0.15, 0.2) is 12.1 Å². The van der Waals surface area contributed by atoms with Gasteiger partial charge in [-0.3, -0.25) is 4.79 Å². The Labute approximate surface area is 134 Å². The van der Waals surface area contributed by atoms with Crippen molar-refractivity contribution in [3.8, 4) is 0 Å². The molecule has 0 atom stereocenters. The molecule has 2 aromatic heterocycles. The van der Waals surface area contributed by atoms with Gasteiger partial charge in [0.1, 0.15) is 17.0 Å². The van der Waals surface area contributed by atoms with Gasteiger partial charge in [0.15, 0.2) is 5.69 Å². The second kappa shape index (κ2) is 6.12. The van der Waals surface area contributed by atoms with Gasteiger partial charge in [-0.2, -0.15) is 18.3 Å². The quantitative estimate of drug-likeness (QED) is 0.474. The maximum absolute atomic E-state index is 12.9. The first kappa shape index (κ1) is 17.6. The van der Waals surface area contributed by atoms with Crippen molar-refractivity contribution in [3.63, 3.8) is 0 Å². The molecule has 0 radical (unpaired) electrons. The fourth-order valence-electron chi connectivity index (χ4n) is 1.64. The standard InChI is InChI=1S/C11H6ClF3N2O3.Os/c1-20-10(19)9-8(12)6-2-5(4-18)3-7(11(13,14)15)17(6)16-9;/h2-4H,1H3;. The zero-order valence-corrected chi connectivity index (χ0v) is 13.5. The number of methoxy groups -OCH3 is 1. The Morgan fingerprint density at radius 2 is 2.05 bits per heavy atom. The van der Waals surface area contributed by atoms with Gasteiger partial charge in [-0.05, 0) is 12.1 Å². The predicted octanol–water partition coefficient (Wildman–Crippen LogP) is 2.60. The summed E-state index contributed by atoms with van der Waals surface area (Å²) < 4.78 is 43.6. The van der Waals surface area contributed by atoms with Gasteiger partial charge in [0, 0.05) is 25.4 Å². The number of nitrogens with zero attached hydrogens (tertiary/aromatic N) is 2. The number of aromatic nitrogens is 2. The number of fused-ring (bicyclic) bond motifs is 1. The molecule has 0 spiro atoms. The van der Waals surface area contributed by atoms with Crippen LogP contribution in [0, 0.1) is 0 Å². The average molecular weight is 497 g/mol. The van der Waals surface area contributed by atoms with Crippen LogP contribution in [-0.4, -0.2) is 29.0 Å². The summed E-state index contributed by atoms with van der Waals surface area (Å²) in [5.41, 5.74) is -2.11.